The molecule has 0 spiro atoms. The minimum atomic E-state index is -1.40. The molecular formula is C42H56BBrN2O4. The lowest BCUT2D eigenvalue weighted by atomic mass is 9.72. The van der Waals surface area contributed by atoms with E-state index in [0.29, 0.717) is 28.5 Å². The highest BCUT2D eigenvalue weighted by Gasteiger charge is 2.31. The smallest absolute Gasteiger partial charge is 0.490 e. The van der Waals surface area contributed by atoms with Crippen LogP contribution in [0.1, 0.15) is 92.9 Å². The van der Waals surface area contributed by atoms with Crippen molar-refractivity contribution in [3.05, 3.63) is 102 Å². The van der Waals surface area contributed by atoms with E-state index in [9.17, 15) is 0 Å². The van der Waals surface area contributed by atoms with Gasteiger partial charge < -0.3 is 19.5 Å². The molecule has 0 radical (unpaired) electrons. The van der Waals surface area contributed by atoms with Gasteiger partial charge in [-0.15, -0.1) is 0 Å². The lowest BCUT2D eigenvalue weighted by Gasteiger charge is -2.37. The van der Waals surface area contributed by atoms with Crippen LogP contribution in [0.15, 0.2) is 102 Å². The maximum Gasteiger partial charge on any atom is 0.490 e. The third kappa shape index (κ3) is 13.2. The SMILES string of the molecule is CC(C)(C)C1CCC(Oc2cccc(-c3cccnc3)c2)CC1.CC(C)(C)C1CCC(Oc2cccc(Br)c2)CC1.OB(O)c1cccnc1. The molecule has 2 aliphatic carbocycles. The number of nitrogens with zero attached hydrogens (tertiary/aromatic N) is 2. The van der Waals surface area contributed by atoms with Gasteiger partial charge in [-0.25, -0.2) is 0 Å². The normalized spacial score (nSPS) is 20.7. The molecule has 2 aliphatic rings. The molecule has 2 saturated carbocycles. The molecule has 268 valence electrons. The highest BCUT2D eigenvalue weighted by molar-refractivity contribution is 9.10. The van der Waals surface area contributed by atoms with Crippen LogP contribution in [0.4, 0.5) is 0 Å². The highest BCUT2D eigenvalue weighted by atomic mass is 79.9. The predicted molar refractivity (Wildman–Crippen MR) is 210 cm³/mol. The van der Waals surface area contributed by atoms with Gasteiger partial charge in [0.2, 0.25) is 0 Å². The minimum Gasteiger partial charge on any atom is -0.490 e. The summed E-state index contributed by atoms with van der Waals surface area (Å²) >= 11 is 3.48. The Balaban J connectivity index is 0.000000184. The Labute approximate surface area is 309 Å². The van der Waals surface area contributed by atoms with E-state index >= 15 is 0 Å². The van der Waals surface area contributed by atoms with Crippen LogP contribution in [0, 0.1) is 22.7 Å². The van der Waals surface area contributed by atoms with Crippen LogP contribution >= 0.6 is 15.9 Å². The number of rotatable bonds is 6. The molecule has 0 bridgehead atoms. The van der Waals surface area contributed by atoms with Gasteiger partial charge >= 0.3 is 7.12 Å². The number of hydrogen-bond donors (Lipinski definition) is 2. The van der Waals surface area contributed by atoms with Crippen molar-refractivity contribution in [3.63, 3.8) is 0 Å². The second-order valence-corrected chi connectivity index (χ2v) is 16.7. The molecule has 2 heterocycles. The van der Waals surface area contributed by atoms with E-state index in [4.69, 9.17) is 19.5 Å². The first-order chi connectivity index (χ1) is 23.8. The third-order valence-electron chi connectivity index (χ3n) is 10.0. The second-order valence-electron chi connectivity index (χ2n) is 15.8. The summed E-state index contributed by atoms with van der Waals surface area (Å²) in [6, 6.07) is 23.8. The van der Waals surface area contributed by atoms with Crippen molar-refractivity contribution in [1.29, 1.82) is 0 Å². The molecule has 0 aliphatic heterocycles. The highest BCUT2D eigenvalue weighted by Crippen LogP contribution is 2.40. The average molecular weight is 744 g/mol. The number of halogens is 1. The molecule has 2 fully saturated rings. The molecule has 2 N–H and O–H groups in total. The maximum atomic E-state index is 8.54. The van der Waals surface area contributed by atoms with Gasteiger partial charge in [0.05, 0.1) is 12.2 Å². The summed E-state index contributed by atoms with van der Waals surface area (Å²) < 4.78 is 13.4. The number of benzene rings is 2. The summed E-state index contributed by atoms with van der Waals surface area (Å²) in [5.74, 6) is 3.64. The van der Waals surface area contributed by atoms with E-state index in [1.807, 2.05) is 30.5 Å². The molecule has 50 heavy (non-hydrogen) atoms. The first-order valence-corrected chi connectivity index (χ1v) is 18.9. The Kier molecular flexibility index (Phi) is 14.9. The fourth-order valence-electron chi connectivity index (χ4n) is 6.83. The van der Waals surface area contributed by atoms with E-state index in [1.165, 1.54) is 63.1 Å². The van der Waals surface area contributed by atoms with E-state index in [2.05, 4.69) is 104 Å². The molecule has 0 unspecified atom stereocenters. The summed E-state index contributed by atoms with van der Waals surface area (Å²) in [4.78, 5) is 7.88. The molecule has 6 nitrogen and oxygen atoms in total. The molecule has 2 aromatic heterocycles. The van der Waals surface area contributed by atoms with Crippen LogP contribution in [-0.4, -0.2) is 39.3 Å². The van der Waals surface area contributed by atoms with E-state index in [-0.39, 0.29) is 0 Å². The number of hydrogen-bond acceptors (Lipinski definition) is 6. The zero-order chi connectivity index (χ0) is 36.1. The van der Waals surface area contributed by atoms with Crippen molar-refractivity contribution in [2.75, 3.05) is 0 Å². The summed E-state index contributed by atoms with van der Waals surface area (Å²) in [5, 5.41) is 17.1. The Morgan fingerprint density at radius 1 is 0.600 bits per heavy atom. The fraction of sp³-hybridized carbons (Fsp3) is 0.476. The predicted octanol–water partition coefficient (Wildman–Crippen LogP) is 9.93. The molecular weight excluding hydrogens is 687 g/mol. The van der Waals surface area contributed by atoms with E-state index in [1.54, 1.807) is 24.5 Å². The lowest BCUT2D eigenvalue weighted by Crippen LogP contribution is -2.30. The monoisotopic (exact) mass is 742 g/mol. The van der Waals surface area contributed by atoms with Gasteiger partial charge in [-0.1, -0.05) is 87.8 Å². The summed E-state index contributed by atoms with van der Waals surface area (Å²) in [5.41, 5.74) is 3.58. The molecule has 0 amide bonds. The van der Waals surface area contributed by atoms with Crippen LogP contribution in [0.5, 0.6) is 11.5 Å². The molecule has 0 saturated heterocycles. The van der Waals surface area contributed by atoms with Gasteiger partial charge in [0, 0.05) is 40.3 Å². The van der Waals surface area contributed by atoms with Crippen molar-refractivity contribution in [2.45, 2.75) is 105 Å². The second kappa shape index (κ2) is 18.9. The van der Waals surface area contributed by atoms with E-state index < -0.39 is 7.12 Å². The lowest BCUT2D eigenvalue weighted by molar-refractivity contribution is 0.0880. The van der Waals surface area contributed by atoms with Gasteiger partial charge in [-0.05, 0) is 122 Å². The summed E-state index contributed by atoms with van der Waals surface area (Å²) in [7, 11) is -1.40. The van der Waals surface area contributed by atoms with Crippen molar-refractivity contribution < 1.29 is 19.5 Å². The maximum absolute atomic E-state index is 8.54. The molecule has 2 aromatic carbocycles. The van der Waals surface area contributed by atoms with Crippen LogP contribution in [0.2, 0.25) is 0 Å². The van der Waals surface area contributed by atoms with Crippen molar-refractivity contribution in [1.82, 2.24) is 9.97 Å². The Morgan fingerprint density at radius 3 is 1.50 bits per heavy atom. The Hall–Kier alpha value is -3.20. The molecule has 6 rings (SSSR count). The number of ether oxygens (including phenoxy) is 2. The van der Waals surface area contributed by atoms with Crippen LogP contribution in [-0.2, 0) is 0 Å². The van der Waals surface area contributed by atoms with Crippen LogP contribution in [0.3, 0.4) is 0 Å². The van der Waals surface area contributed by atoms with Gasteiger partial charge in [0.1, 0.15) is 11.5 Å². The molecule has 4 aromatic rings. The van der Waals surface area contributed by atoms with Gasteiger partial charge in [0.15, 0.2) is 0 Å². The largest absolute Gasteiger partial charge is 0.490 e. The first-order valence-electron chi connectivity index (χ1n) is 18.1. The summed E-state index contributed by atoms with van der Waals surface area (Å²) in [6.45, 7) is 14.1. The quantitative estimate of drug-likeness (QED) is 0.191. The van der Waals surface area contributed by atoms with Crippen molar-refractivity contribution in [2.24, 2.45) is 22.7 Å². The third-order valence-corrected chi connectivity index (χ3v) is 10.5. The zero-order valence-corrected chi connectivity index (χ0v) is 32.4. The fourth-order valence-corrected chi connectivity index (χ4v) is 7.21. The summed E-state index contributed by atoms with van der Waals surface area (Å²) in [6.07, 6.45) is 17.3. The Bertz CT molecular complexity index is 1540. The standard InChI is InChI=1S/C21H27NO.C16H23BrO.C5H6BNO2/c1-21(2,3)18-9-11-19(12-10-18)23-20-8-4-6-16(14-20)17-7-5-13-22-15-17;1-16(2,3)12-7-9-14(10-8-12)18-15-6-4-5-13(17)11-15;8-6(9)5-2-1-3-7-4-5/h4-8,13-15,18-19H,9-12H2,1-3H3;4-6,11-12,14H,7-10H2,1-3H3;1-4,8-9H. The van der Waals surface area contributed by atoms with Gasteiger partial charge in [-0.3, -0.25) is 9.97 Å². The topological polar surface area (TPSA) is 84.7 Å². The van der Waals surface area contributed by atoms with Gasteiger partial charge in [0.25, 0.3) is 0 Å². The van der Waals surface area contributed by atoms with Gasteiger partial charge in [-0.2, -0.15) is 0 Å². The van der Waals surface area contributed by atoms with Crippen LogP contribution < -0.4 is 14.9 Å². The zero-order valence-electron chi connectivity index (χ0n) is 30.8. The van der Waals surface area contributed by atoms with Crippen molar-refractivity contribution >= 4 is 28.5 Å². The van der Waals surface area contributed by atoms with Crippen LogP contribution in [0.25, 0.3) is 11.1 Å². The van der Waals surface area contributed by atoms with Crippen molar-refractivity contribution in [3.8, 4) is 22.6 Å². The number of pyridine rings is 2. The Morgan fingerprint density at radius 2 is 1.08 bits per heavy atom. The average Bonchev–Trinajstić information content (AvgIpc) is 3.09. The first kappa shape index (κ1) is 39.6. The number of aromatic nitrogens is 2. The minimum absolute atomic E-state index is 0.359. The van der Waals surface area contributed by atoms with E-state index in [0.717, 1.165) is 33.4 Å². The molecule has 0 atom stereocenters. The molecule has 8 heteroatoms.